The van der Waals surface area contributed by atoms with Gasteiger partial charge in [0.25, 0.3) is 0 Å². The molecule has 1 aliphatic rings. The number of amides is 1. The monoisotopic (exact) mass is 228 g/mol. The fourth-order valence-corrected chi connectivity index (χ4v) is 2.74. The lowest BCUT2D eigenvalue weighted by molar-refractivity contribution is -0.122. The van der Waals surface area contributed by atoms with Gasteiger partial charge in [-0.1, -0.05) is 26.2 Å². The predicted molar refractivity (Wildman–Crippen MR) is 63.3 cm³/mol. The minimum atomic E-state index is -0.215. The number of carbonyl (C=O) groups excluding carboxylic acids is 1. The number of hydrogen-bond donors (Lipinski definition) is 3. The van der Waals surface area contributed by atoms with E-state index >= 15 is 0 Å². The first-order valence-electron chi connectivity index (χ1n) is 6.36. The molecule has 4 nitrogen and oxygen atoms in total. The van der Waals surface area contributed by atoms with Gasteiger partial charge in [0.15, 0.2) is 0 Å². The maximum absolute atomic E-state index is 11.2. The van der Waals surface area contributed by atoms with Crippen molar-refractivity contribution >= 4 is 5.91 Å². The Morgan fingerprint density at radius 2 is 2.19 bits per heavy atom. The molecule has 16 heavy (non-hydrogen) atoms. The minimum Gasteiger partial charge on any atom is -0.393 e. The van der Waals surface area contributed by atoms with E-state index in [1.807, 2.05) is 0 Å². The van der Waals surface area contributed by atoms with Crippen LogP contribution in [-0.4, -0.2) is 17.1 Å². The summed E-state index contributed by atoms with van der Waals surface area (Å²) in [6.07, 6.45) is 6.62. The molecule has 0 aromatic rings. The molecule has 4 heteroatoms. The Bertz CT molecular complexity index is 221. The largest absolute Gasteiger partial charge is 0.393 e. The lowest BCUT2D eigenvalue weighted by Crippen LogP contribution is -2.33. The molecule has 1 saturated carbocycles. The van der Waals surface area contributed by atoms with Crippen molar-refractivity contribution in [2.45, 2.75) is 58.0 Å². The molecule has 1 aliphatic carbocycles. The van der Waals surface area contributed by atoms with Gasteiger partial charge in [0.1, 0.15) is 0 Å². The summed E-state index contributed by atoms with van der Waals surface area (Å²) in [6.45, 7) is 2.17. The van der Waals surface area contributed by atoms with Crippen molar-refractivity contribution < 1.29 is 9.90 Å². The third-order valence-corrected chi connectivity index (χ3v) is 3.68. The van der Waals surface area contributed by atoms with Crippen LogP contribution in [0.25, 0.3) is 0 Å². The fourth-order valence-electron chi connectivity index (χ4n) is 2.74. The highest BCUT2D eigenvalue weighted by Gasteiger charge is 2.35. The van der Waals surface area contributed by atoms with Crippen LogP contribution >= 0.6 is 0 Å². The normalized spacial score (nSPS) is 29.3. The summed E-state index contributed by atoms with van der Waals surface area (Å²) in [5.41, 5.74) is 2.17. The smallest absolute Gasteiger partial charge is 0.234 e. The number of hydrazine groups is 1. The Morgan fingerprint density at radius 3 is 2.81 bits per heavy atom. The van der Waals surface area contributed by atoms with E-state index in [0.29, 0.717) is 18.3 Å². The lowest BCUT2D eigenvalue weighted by Gasteiger charge is -2.21. The molecule has 0 spiro atoms. The van der Waals surface area contributed by atoms with Crippen LogP contribution in [0.3, 0.4) is 0 Å². The fraction of sp³-hybridized carbons (Fsp3) is 0.917. The van der Waals surface area contributed by atoms with Crippen molar-refractivity contribution in [3.63, 3.8) is 0 Å². The van der Waals surface area contributed by atoms with Crippen LogP contribution in [0.15, 0.2) is 0 Å². The van der Waals surface area contributed by atoms with E-state index in [2.05, 4.69) is 12.3 Å². The summed E-state index contributed by atoms with van der Waals surface area (Å²) < 4.78 is 0. The summed E-state index contributed by atoms with van der Waals surface area (Å²) in [5, 5.41) is 9.88. The van der Waals surface area contributed by atoms with Crippen LogP contribution in [0.1, 0.15) is 51.9 Å². The number of unbranched alkanes of at least 4 members (excludes halogenated alkanes) is 2. The second-order valence-corrected chi connectivity index (χ2v) is 4.84. The third-order valence-electron chi connectivity index (χ3n) is 3.68. The molecule has 1 fully saturated rings. The topological polar surface area (TPSA) is 75.3 Å². The van der Waals surface area contributed by atoms with Crippen LogP contribution in [0.5, 0.6) is 0 Å². The number of hydrogen-bond acceptors (Lipinski definition) is 3. The summed E-state index contributed by atoms with van der Waals surface area (Å²) in [5.74, 6) is 5.59. The van der Waals surface area contributed by atoms with Gasteiger partial charge in [-0.3, -0.25) is 10.2 Å². The molecular formula is C12H24N2O2. The Hall–Kier alpha value is -0.610. The molecule has 0 aliphatic heterocycles. The zero-order chi connectivity index (χ0) is 12.0. The van der Waals surface area contributed by atoms with E-state index in [4.69, 9.17) is 5.84 Å². The molecule has 0 saturated heterocycles. The van der Waals surface area contributed by atoms with E-state index < -0.39 is 0 Å². The van der Waals surface area contributed by atoms with Crippen LogP contribution in [-0.2, 0) is 4.79 Å². The molecule has 0 radical (unpaired) electrons. The zero-order valence-electron chi connectivity index (χ0n) is 10.1. The maximum atomic E-state index is 11.2. The van der Waals surface area contributed by atoms with Gasteiger partial charge in [-0.25, -0.2) is 5.84 Å². The van der Waals surface area contributed by atoms with Crippen LogP contribution < -0.4 is 11.3 Å². The Kier molecular flexibility index (Phi) is 5.77. The van der Waals surface area contributed by atoms with E-state index in [-0.39, 0.29) is 12.0 Å². The van der Waals surface area contributed by atoms with E-state index in [1.54, 1.807) is 0 Å². The number of nitrogens with two attached hydrogens (primary N) is 1. The molecular weight excluding hydrogens is 204 g/mol. The molecule has 0 heterocycles. The SMILES string of the molecule is CCCCCC1C(O)CCC1CC(=O)NN. The minimum absolute atomic E-state index is 0.111. The van der Waals surface area contributed by atoms with E-state index in [9.17, 15) is 9.90 Å². The maximum Gasteiger partial charge on any atom is 0.234 e. The zero-order valence-corrected chi connectivity index (χ0v) is 10.1. The number of carbonyl (C=O) groups is 1. The van der Waals surface area contributed by atoms with Gasteiger partial charge in [-0.2, -0.15) is 0 Å². The number of aliphatic hydroxyl groups excluding tert-OH is 1. The Morgan fingerprint density at radius 1 is 1.44 bits per heavy atom. The molecule has 4 N–H and O–H groups in total. The number of aliphatic hydroxyl groups is 1. The van der Waals surface area contributed by atoms with Crippen molar-refractivity contribution in [3.05, 3.63) is 0 Å². The third kappa shape index (κ3) is 3.76. The first-order chi connectivity index (χ1) is 7.69. The molecule has 3 atom stereocenters. The summed E-state index contributed by atoms with van der Waals surface area (Å²) >= 11 is 0. The summed E-state index contributed by atoms with van der Waals surface area (Å²) in [6, 6.07) is 0. The van der Waals surface area contributed by atoms with E-state index in [1.165, 1.54) is 12.8 Å². The second-order valence-electron chi connectivity index (χ2n) is 4.84. The van der Waals surface area contributed by atoms with Crippen molar-refractivity contribution in [1.82, 2.24) is 5.43 Å². The first kappa shape index (κ1) is 13.5. The number of nitrogens with one attached hydrogen (secondary N) is 1. The van der Waals surface area contributed by atoms with Gasteiger partial charge < -0.3 is 5.11 Å². The molecule has 1 amide bonds. The van der Waals surface area contributed by atoms with Crippen LogP contribution in [0.4, 0.5) is 0 Å². The van der Waals surface area contributed by atoms with Crippen molar-refractivity contribution in [1.29, 1.82) is 0 Å². The average molecular weight is 228 g/mol. The van der Waals surface area contributed by atoms with Gasteiger partial charge >= 0.3 is 0 Å². The highest BCUT2D eigenvalue weighted by molar-refractivity contribution is 5.75. The Labute approximate surface area is 97.6 Å². The van der Waals surface area contributed by atoms with Gasteiger partial charge in [-0.05, 0) is 31.1 Å². The summed E-state index contributed by atoms with van der Waals surface area (Å²) in [7, 11) is 0. The van der Waals surface area contributed by atoms with Crippen molar-refractivity contribution in [2.75, 3.05) is 0 Å². The van der Waals surface area contributed by atoms with Crippen LogP contribution in [0, 0.1) is 11.8 Å². The van der Waals surface area contributed by atoms with Crippen molar-refractivity contribution in [3.8, 4) is 0 Å². The molecule has 1 rings (SSSR count). The molecule has 0 aromatic carbocycles. The summed E-state index contributed by atoms with van der Waals surface area (Å²) in [4.78, 5) is 11.2. The average Bonchev–Trinajstić information content (AvgIpc) is 2.61. The lowest BCUT2D eigenvalue weighted by atomic mass is 9.87. The predicted octanol–water partition coefficient (Wildman–Crippen LogP) is 1.33. The quantitative estimate of drug-likeness (QED) is 0.278. The van der Waals surface area contributed by atoms with Gasteiger partial charge in [0, 0.05) is 6.42 Å². The first-order valence-corrected chi connectivity index (χ1v) is 6.36. The highest BCUT2D eigenvalue weighted by Crippen LogP contribution is 2.37. The molecule has 0 bridgehead atoms. The molecule has 3 unspecified atom stereocenters. The van der Waals surface area contributed by atoms with Gasteiger partial charge in [-0.15, -0.1) is 0 Å². The second kappa shape index (κ2) is 6.86. The van der Waals surface area contributed by atoms with E-state index in [0.717, 1.165) is 25.7 Å². The van der Waals surface area contributed by atoms with Crippen LogP contribution in [0.2, 0.25) is 0 Å². The molecule has 94 valence electrons. The number of rotatable bonds is 6. The Balaban J connectivity index is 2.39. The van der Waals surface area contributed by atoms with Gasteiger partial charge in [0.2, 0.25) is 5.91 Å². The van der Waals surface area contributed by atoms with Gasteiger partial charge in [0.05, 0.1) is 6.10 Å². The van der Waals surface area contributed by atoms with Crippen molar-refractivity contribution in [2.24, 2.45) is 17.7 Å². The molecule has 0 aromatic heterocycles. The highest BCUT2D eigenvalue weighted by atomic mass is 16.3. The standard InChI is InChI=1S/C12H24N2O2/c1-2-3-4-5-10-9(6-7-11(10)15)8-12(16)14-13/h9-11,15H,2-8,13H2,1H3,(H,14,16).